The highest BCUT2D eigenvalue weighted by atomic mass is 35.5. The van der Waals surface area contributed by atoms with Crippen LogP contribution in [0.3, 0.4) is 0 Å². The Kier molecular flexibility index (Phi) is 7.91. The van der Waals surface area contributed by atoms with Crippen molar-refractivity contribution >= 4 is 34.8 Å². The normalized spacial score (nSPS) is 10.9. The summed E-state index contributed by atoms with van der Waals surface area (Å²) in [7, 11) is 0. The molecule has 3 aromatic rings. The molecule has 0 radical (unpaired) electrons. The predicted molar refractivity (Wildman–Crippen MR) is 128 cm³/mol. The van der Waals surface area contributed by atoms with Crippen molar-refractivity contribution in [2.45, 2.75) is 13.8 Å². The third-order valence-electron chi connectivity index (χ3n) is 4.51. The van der Waals surface area contributed by atoms with E-state index in [4.69, 9.17) is 21.1 Å². The summed E-state index contributed by atoms with van der Waals surface area (Å²) < 4.78 is 11.4. The Hall–Kier alpha value is -3.75. The SMILES string of the molecule is CCOc1cc(/C=C(\C#N)c2ccc(Cl)cc2)ccc1OCC(=O)Nc1cccc(C)c1. The first-order valence-corrected chi connectivity index (χ1v) is 10.5. The number of allylic oxidation sites excluding steroid dienone is 1. The van der Waals surface area contributed by atoms with Crippen molar-refractivity contribution in [1.82, 2.24) is 0 Å². The van der Waals surface area contributed by atoms with Gasteiger partial charge in [0.2, 0.25) is 0 Å². The Bertz CT molecular complexity index is 1160. The zero-order chi connectivity index (χ0) is 22.9. The van der Waals surface area contributed by atoms with Gasteiger partial charge in [-0.1, -0.05) is 41.9 Å². The van der Waals surface area contributed by atoms with Crippen LogP contribution in [0.1, 0.15) is 23.6 Å². The fourth-order valence-corrected chi connectivity index (χ4v) is 3.17. The first kappa shape index (κ1) is 22.9. The number of benzene rings is 3. The Labute approximate surface area is 192 Å². The van der Waals surface area contributed by atoms with Crippen LogP contribution >= 0.6 is 11.6 Å². The summed E-state index contributed by atoms with van der Waals surface area (Å²) in [6.07, 6.45) is 1.76. The number of carbonyl (C=O) groups excluding carboxylic acids is 1. The summed E-state index contributed by atoms with van der Waals surface area (Å²) in [6.45, 7) is 4.10. The molecule has 5 nitrogen and oxygen atoms in total. The Balaban J connectivity index is 1.74. The zero-order valence-electron chi connectivity index (χ0n) is 17.9. The average Bonchev–Trinajstić information content (AvgIpc) is 2.78. The van der Waals surface area contributed by atoms with Crippen molar-refractivity contribution < 1.29 is 14.3 Å². The van der Waals surface area contributed by atoms with Crippen LogP contribution in [0.5, 0.6) is 11.5 Å². The third kappa shape index (κ3) is 6.37. The van der Waals surface area contributed by atoms with Crippen molar-refractivity contribution in [1.29, 1.82) is 5.26 Å². The number of carbonyl (C=O) groups is 1. The summed E-state index contributed by atoms with van der Waals surface area (Å²) >= 11 is 5.94. The molecule has 0 aliphatic heterocycles. The number of rotatable bonds is 8. The van der Waals surface area contributed by atoms with Gasteiger partial charge in [-0.25, -0.2) is 0 Å². The Morgan fingerprint density at radius 3 is 2.53 bits per heavy atom. The number of hydrogen-bond acceptors (Lipinski definition) is 4. The van der Waals surface area contributed by atoms with Crippen molar-refractivity contribution in [2.75, 3.05) is 18.5 Å². The predicted octanol–water partition coefficient (Wildman–Crippen LogP) is 6.13. The molecular weight excluding hydrogens is 424 g/mol. The van der Waals surface area contributed by atoms with Gasteiger partial charge in [0.25, 0.3) is 5.91 Å². The molecule has 0 fully saturated rings. The maximum Gasteiger partial charge on any atom is 0.262 e. The number of hydrogen-bond donors (Lipinski definition) is 1. The molecule has 0 bridgehead atoms. The van der Waals surface area contributed by atoms with Crippen LogP contribution in [0, 0.1) is 18.3 Å². The number of anilines is 1. The molecule has 0 aromatic heterocycles. The molecule has 6 heteroatoms. The van der Waals surface area contributed by atoms with Crippen molar-refractivity contribution in [3.63, 3.8) is 0 Å². The number of aryl methyl sites for hydroxylation is 1. The van der Waals surface area contributed by atoms with Gasteiger partial charge in [0, 0.05) is 10.7 Å². The minimum Gasteiger partial charge on any atom is -0.490 e. The fraction of sp³-hybridized carbons (Fsp3) is 0.154. The topological polar surface area (TPSA) is 71.3 Å². The summed E-state index contributed by atoms with van der Waals surface area (Å²) in [5.74, 6) is 0.683. The zero-order valence-corrected chi connectivity index (χ0v) is 18.6. The van der Waals surface area contributed by atoms with Gasteiger partial charge in [0.15, 0.2) is 18.1 Å². The lowest BCUT2D eigenvalue weighted by atomic mass is 10.0. The Morgan fingerprint density at radius 2 is 1.84 bits per heavy atom. The highest BCUT2D eigenvalue weighted by Crippen LogP contribution is 2.30. The smallest absolute Gasteiger partial charge is 0.262 e. The molecule has 0 saturated carbocycles. The second-order valence-electron chi connectivity index (χ2n) is 7.02. The summed E-state index contributed by atoms with van der Waals surface area (Å²) in [4.78, 5) is 12.3. The van der Waals surface area contributed by atoms with E-state index in [-0.39, 0.29) is 12.5 Å². The fourth-order valence-electron chi connectivity index (χ4n) is 3.04. The molecule has 0 heterocycles. The molecule has 0 unspecified atom stereocenters. The second-order valence-corrected chi connectivity index (χ2v) is 7.46. The van der Waals surface area contributed by atoms with Gasteiger partial charge < -0.3 is 14.8 Å². The molecule has 32 heavy (non-hydrogen) atoms. The largest absolute Gasteiger partial charge is 0.490 e. The van der Waals surface area contributed by atoms with Crippen LogP contribution in [-0.4, -0.2) is 19.1 Å². The van der Waals surface area contributed by atoms with Crippen LogP contribution < -0.4 is 14.8 Å². The lowest BCUT2D eigenvalue weighted by Crippen LogP contribution is -2.20. The van der Waals surface area contributed by atoms with Crippen molar-refractivity contribution in [2.24, 2.45) is 0 Å². The van der Waals surface area contributed by atoms with Gasteiger partial charge in [-0.3, -0.25) is 4.79 Å². The number of nitrogens with one attached hydrogen (secondary N) is 1. The molecule has 0 aliphatic carbocycles. The summed E-state index contributed by atoms with van der Waals surface area (Å²) in [5, 5.41) is 13.0. The van der Waals surface area contributed by atoms with Crippen molar-refractivity contribution in [3.8, 4) is 17.6 Å². The standard InChI is InChI=1S/C26H23ClN2O3/c1-3-31-25-15-19(14-21(16-28)20-8-10-22(27)11-9-20)7-12-24(25)32-17-26(30)29-23-6-4-5-18(2)13-23/h4-15H,3,17H2,1-2H3,(H,29,30)/b21-14+. The molecule has 3 rings (SSSR count). The van der Waals surface area contributed by atoms with Crippen LogP contribution in [0.2, 0.25) is 5.02 Å². The maximum absolute atomic E-state index is 12.3. The lowest BCUT2D eigenvalue weighted by molar-refractivity contribution is -0.118. The van der Waals surface area contributed by atoms with Crippen LogP contribution in [0.15, 0.2) is 66.7 Å². The number of amides is 1. The van der Waals surface area contributed by atoms with Gasteiger partial charge in [0.05, 0.1) is 18.2 Å². The van der Waals surface area contributed by atoms with E-state index in [2.05, 4.69) is 11.4 Å². The Morgan fingerprint density at radius 1 is 1.06 bits per heavy atom. The summed E-state index contributed by atoms with van der Waals surface area (Å²) in [6, 6.07) is 22.2. The highest BCUT2D eigenvalue weighted by molar-refractivity contribution is 6.30. The summed E-state index contributed by atoms with van der Waals surface area (Å²) in [5.41, 5.74) is 3.81. The van der Waals surface area contributed by atoms with E-state index >= 15 is 0 Å². The van der Waals surface area contributed by atoms with E-state index in [1.165, 1.54) is 0 Å². The molecule has 0 spiro atoms. The molecule has 0 saturated heterocycles. The minimum absolute atomic E-state index is 0.155. The van der Waals surface area contributed by atoms with Gasteiger partial charge >= 0.3 is 0 Å². The molecular formula is C26H23ClN2O3. The van der Waals surface area contributed by atoms with E-state index < -0.39 is 0 Å². The van der Waals surface area contributed by atoms with E-state index in [0.29, 0.717) is 28.7 Å². The quantitative estimate of drug-likeness (QED) is 0.334. The van der Waals surface area contributed by atoms with E-state index in [1.807, 2.05) is 44.2 Å². The van der Waals surface area contributed by atoms with Gasteiger partial charge in [-0.15, -0.1) is 0 Å². The van der Waals surface area contributed by atoms with Crippen LogP contribution in [0.25, 0.3) is 11.6 Å². The highest BCUT2D eigenvalue weighted by Gasteiger charge is 2.10. The second kappa shape index (κ2) is 11.0. The molecule has 0 atom stereocenters. The molecule has 1 N–H and O–H groups in total. The molecule has 162 valence electrons. The van der Waals surface area contributed by atoms with E-state index in [1.54, 1.807) is 42.5 Å². The van der Waals surface area contributed by atoms with Crippen LogP contribution in [0.4, 0.5) is 5.69 Å². The van der Waals surface area contributed by atoms with E-state index in [9.17, 15) is 10.1 Å². The first-order valence-electron chi connectivity index (χ1n) is 10.1. The van der Waals surface area contributed by atoms with Crippen molar-refractivity contribution in [3.05, 3.63) is 88.4 Å². The third-order valence-corrected chi connectivity index (χ3v) is 4.77. The van der Waals surface area contributed by atoms with Gasteiger partial charge in [-0.2, -0.15) is 5.26 Å². The maximum atomic E-state index is 12.3. The number of nitrogens with zero attached hydrogens (tertiary/aromatic N) is 1. The monoisotopic (exact) mass is 446 g/mol. The lowest BCUT2D eigenvalue weighted by Gasteiger charge is -2.13. The molecule has 3 aromatic carbocycles. The van der Waals surface area contributed by atoms with Gasteiger partial charge in [0.1, 0.15) is 0 Å². The molecule has 0 aliphatic rings. The number of halogens is 1. The first-order chi connectivity index (χ1) is 15.5. The number of ether oxygens (including phenoxy) is 2. The average molecular weight is 447 g/mol. The minimum atomic E-state index is -0.267. The van der Waals surface area contributed by atoms with Gasteiger partial charge in [-0.05, 0) is 73.0 Å². The van der Waals surface area contributed by atoms with Crippen LogP contribution in [-0.2, 0) is 4.79 Å². The number of nitriles is 1. The van der Waals surface area contributed by atoms with E-state index in [0.717, 1.165) is 22.4 Å². The molecule has 1 amide bonds.